The first-order chi connectivity index (χ1) is 13.9. The number of ether oxygens (including phenoxy) is 1. The summed E-state index contributed by atoms with van der Waals surface area (Å²) in [7, 11) is 1.86. The van der Waals surface area contributed by atoms with Crippen molar-refractivity contribution in [2.24, 2.45) is 7.05 Å². The van der Waals surface area contributed by atoms with Crippen molar-refractivity contribution in [3.05, 3.63) is 41.2 Å². The number of nitrogens with zero attached hydrogens (tertiary/aromatic N) is 4. The SMILES string of the molecule is CCOc1ccccc1C(=O)N1CCN(CC(=O)Nc2c(C)nn(C)c2C)CC1. The maximum atomic E-state index is 12.9. The Labute approximate surface area is 171 Å². The summed E-state index contributed by atoms with van der Waals surface area (Å²) in [4.78, 5) is 29.2. The third kappa shape index (κ3) is 4.76. The first-order valence-corrected chi connectivity index (χ1v) is 9.94. The predicted molar refractivity (Wildman–Crippen MR) is 111 cm³/mol. The van der Waals surface area contributed by atoms with Crippen LogP contribution in [-0.4, -0.2) is 70.7 Å². The van der Waals surface area contributed by atoms with E-state index in [1.807, 2.05) is 50.9 Å². The minimum absolute atomic E-state index is 0.0280. The van der Waals surface area contributed by atoms with Crippen LogP contribution in [0.3, 0.4) is 0 Å². The normalized spacial score (nSPS) is 14.7. The maximum absolute atomic E-state index is 12.9. The van der Waals surface area contributed by atoms with Gasteiger partial charge in [-0.15, -0.1) is 0 Å². The minimum Gasteiger partial charge on any atom is -0.493 e. The van der Waals surface area contributed by atoms with Crippen LogP contribution in [0.15, 0.2) is 24.3 Å². The molecule has 0 spiro atoms. The third-order valence-electron chi connectivity index (χ3n) is 5.22. The molecule has 0 unspecified atom stereocenters. The Bertz CT molecular complexity index is 884. The van der Waals surface area contributed by atoms with Crippen LogP contribution >= 0.6 is 0 Å². The Hall–Kier alpha value is -2.87. The third-order valence-corrected chi connectivity index (χ3v) is 5.22. The van der Waals surface area contributed by atoms with E-state index in [-0.39, 0.29) is 11.8 Å². The molecule has 0 bridgehead atoms. The van der Waals surface area contributed by atoms with Gasteiger partial charge in [0.25, 0.3) is 5.91 Å². The number of amides is 2. The molecule has 1 fully saturated rings. The van der Waals surface area contributed by atoms with Gasteiger partial charge in [0.15, 0.2) is 0 Å². The quantitative estimate of drug-likeness (QED) is 0.802. The molecule has 1 aromatic carbocycles. The Balaban J connectivity index is 1.54. The van der Waals surface area contributed by atoms with Crippen molar-refractivity contribution >= 4 is 17.5 Å². The van der Waals surface area contributed by atoms with Crippen molar-refractivity contribution in [2.75, 3.05) is 44.6 Å². The molecular formula is C21H29N5O3. The van der Waals surface area contributed by atoms with Gasteiger partial charge >= 0.3 is 0 Å². The summed E-state index contributed by atoms with van der Waals surface area (Å²) in [5, 5.41) is 7.29. The molecule has 29 heavy (non-hydrogen) atoms. The Morgan fingerprint density at radius 2 is 1.83 bits per heavy atom. The van der Waals surface area contributed by atoms with Crippen molar-refractivity contribution in [2.45, 2.75) is 20.8 Å². The van der Waals surface area contributed by atoms with Crippen molar-refractivity contribution < 1.29 is 14.3 Å². The summed E-state index contributed by atoms with van der Waals surface area (Å²) in [6.07, 6.45) is 0. The van der Waals surface area contributed by atoms with Crippen LogP contribution in [0.5, 0.6) is 5.75 Å². The van der Waals surface area contributed by atoms with E-state index in [1.165, 1.54) is 0 Å². The molecule has 1 N–H and O–H groups in total. The molecule has 0 aliphatic carbocycles. The monoisotopic (exact) mass is 399 g/mol. The lowest BCUT2D eigenvalue weighted by molar-refractivity contribution is -0.117. The molecule has 8 nitrogen and oxygen atoms in total. The smallest absolute Gasteiger partial charge is 0.257 e. The van der Waals surface area contributed by atoms with Gasteiger partial charge in [0.05, 0.1) is 35.8 Å². The number of hydrogen-bond acceptors (Lipinski definition) is 5. The molecule has 2 aromatic rings. The molecule has 1 aliphatic heterocycles. The van der Waals surface area contributed by atoms with E-state index >= 15 is 0 Å². The highest BCUT2D eigenvalue weighted by Gasteiger charge is 2.25. The van der Waals surface area contributed by atoms with Gasteiger partial charge in [-0.25, -0.2) is 0 Å². The molecule has 1 aliphatic rings. The van der Waals surface area contributed by atoms with E-state index < -0.39 is 0 Å². The van der Waals surface area contributed by atoms with Gasteiger partial charge < -0.3 is 15.0 Å². The second-order valence-corrected chi connectivity index (χ2v) is 7.22. The predicted octanol–water partition coefficient (Wildman–Crippen LogP) is 1.83. The second kappa shape index (κ2) is 9.09. The topological polar surface area (TPSA) is 79.7 Å². The van der Waals surface area contributed by atoms with Crippen LogP contribution in [0.2, 0.25) is 0 Å². The van der Waals surface area contributed by atoms with Crippen molar-refractivity contribution in [3.8, 4) is 5.75 Å². The number of benzene rings is 1. The van der Waals surface area contributed by atoms with E-state index in [9.17, 15) is 9.59 Å². The van der Waals surface area contributed by atoms with E-state index in [0.29, 0.717) is 50.6 Å². The van der Waals surface area contributed by atoms with Crippen LogP contribution in [0.1, 0.15) is 28.7 Å². The first kappa shape index (κ1) is 20.9. The number of aromatic nitrogens is 2. The van der Waals surface area contributed by atoms with Crippen molar-refractivity contribution in [1.29, 1.82) is 0 Å². The van der Waals surface area contributed by atoms with Crippen LogP contribution in [0.25, 0.3) is 0 Å². The average Bonchev–Trinajstić information content (AvgIpc) is 2.95. The molecule has 2 heterocycles. The van der Waals surface area contributed by atoms with Gasteiger partial charge in [0.2, 0.25) is 5.91 Å². The number of para-hydroxylation sites is 1. The van der Waals surface area contributed by atoms with Crippen LogP contribution in [-0.2, 0) is 11.8 Å². The van der Waals surface area contributed by atoms with E-state index in [1.54, 1.807) is 10.7 Å². The second-order valence-electron chi connectivity index (χ2n) is 7.22. The summed E-state index contributed by atoms with van der Waals surface area (Å²) in [6.45, 7) is 9.00. The van der Waals surface area contributed by atoms with Crippen molar-refractivity contribution in [3.63, 3.8) is 0 Å². The zero-order valence-electron chi connectivity index (χ0n) is 17.6. The number of piperazine rings is 1. The largest absolute Gasteiger partial charge is 0.493 e. The molecule has 3 rings (SSSR count). The number of rotatable bonds is 6. The van der Waals surface area contributed by atoms with Gasteiger partial charge in [-0.3, -0.25) is 19.2 Å². The summed E-state index contributed by atoms with van der Waals surface area (Å²) < 4.78 is 7.34. The van der Waals surface area contributed by atoms with Gasteiger partial charge in [0, 0.05) is 33.2 Å². The van der Waals surface area contributed by atoms with E-state index in [4.69, 9.17) is 4.74 Å². The summed E-state index contributed by atoms with van der Waals surface area (Å²) >= 11 is 0. The fraction of sp³-hybridized carbons (Fsp3) is 0.476. The Morgan fingerprint density at radius 3 is 2.45 bits per heavy atom. The van der Waals surface area contributed by atoms with Gasteiger partial charge in [-0.1, -0.05) is 12.1 Å². The van der Waals surface area contributed by atoms with Gasteiger partial charge in [-0.05, 0) is 32.9 Å². The molecular weight excluding hydrogens is 370 g/mol. The molecule has 0 radical (unpaired) electrons. The van der Waals surface area contributed by atoms with E-state index in [0.717, 1.165) is 17.1 Å². The number of carbonyl (C=O) groups is 2. The Kier molecular flexibility index (Phi) is 6.53. The highest BCUT2D eigenvalue weighted by molar-refractivity contribution is 5.97. The number of carbonyl (C=O) groups excluding carboxylic acids is 2. The molecule has 1 saturated heterocycles. The average molecular weight is 399 g/mol. The zero-order valence-corrected chi connectivity index (χ0v) is 17.6. The standard InChI is InChI=1S/C21H29N5O3/c1-5-29-18-9-7-6-8-17(18)21(28)26-12-10-25(11-13-26)14-19(27)22-20-15(2)23-24(4)16(20)3/h6-9H,5,10-14H2,1-4H3,(H,22,27). The van der Waals surface area contributed by atoms with Crippen LogP contribution in [0, 0.1) is 13.8 Å². The summed E-state index contributed by atoms with van der Waals surface area (Å²) in [5.41, 5.74) is 3.10. The van der Waals surface area contributed by atoms with Gasteiger partial charge in [0.1, 0.15) is 5.75 Å². The highest BCUT2D eigenvalue weighted by atomic mass is 16.5. The molecule has 0 atom stereocenters. The lowest BCUT2D eigenvalue weighted by atomic mass is 10.1. The zero-order chi connectivity index (χ0) is 21.0. The molecule has 8 heteroatoms. The summed E-state index contributed by atoms with van der Waals surface area (Å²) in [6, 6.07) is 7.33. The molecule has 2 amide bonds. The summed E-state index contributed by atoms with van der Waals surface area (Å²) in [5.74, 6) is 0.523. The minimum atomic E-state index is -0.0642. The van der Waals surface area contributed by atoms with E-state index in [2.05, 4.69) is 15.3 Å². The first-order valence-electron chi connectivity index (χ1n) is 9.94. The number of anilines is 1. The van der Waals surface area contributed by atoms with Crippen molar-refractivity contribution in [1.82, 2.24) is 19.6 Å². The number of nitrogens with one attached hydrogen (secondary N) is 1. The fourth-order valence-electron chi connectivity index (χ4n) is 3.54. The van der Waals surface area contributed by atoms with Crippen LogP contribution in [0.4, 0.5) is 5.69 Å². The molecule has 1 aromatic heterocycles. The number of hydrogen-bond donors (Lipinski definition) is 1. The van der Waals surface area contributed by atoms with Gasteiger partial charge in [-0.2, -0.15) is 5.10 Å². The lowest BCUT2D eigenvalue weighted by Crippen LogP contribution is -2.50. The molecule has 0 saturated carbocycles. The van der Waals surface area contributed by atoms with Crippen LogP contribution < -0.4 is 10.1 Å². The molecule has 156 valence electrons. The lowest BCUT2D eigenvalue weighted by Gasteiger charge is -2.34. The highest BCUT2D eigenvalue weighted by Crippen LogP contribution is 2.21. The number of aryl methyl sites for hydroxylation is 2. The Morgan fingerprint density at radius 1 is 1.14 bits per heavy atom. The fourth-order valence-corrected chi connectivity index (χ4v) is 3.54. The maximum Gasteiger partial charge on any atom is 0.257 e.